The van der Waals surface area contributed by atoms with E-state index in [4.69, 9.17) is 11.6 Å². The molecule has 1 atom stereocenters. The Morgan fingerprint density at radius 1 is 1.33 bits per heavy atom. The van der Waals surface area contributed by atoms with Crippen molar-refractivity contribution >= 4 is 26.5 Å². The second kappa shape index (κ2) is 4.81. The Balaban J connectivity index is 2.26. The lowest BCUT2D eigenvalue weighted by Crippen LogP contribution is -2.28. The lowest BCUT2D eigenvalue weighted by molar-refractivity contribution is 0.106. The lowest BCUT2D eigenvalue weighted by atomic mass is 10.2. The van der Waals surface area contributed by atoms with Crippen LogP contribution in [-0.4, -0.2) is 25.9 Å². The van der Waals surface area contributed by atoms with E-state index in [9.17, 15) is 17.2 Å². The zero-order valence-corrected chi connectivity index (χ0v) is 10.5. The van der Waals surface area contributed by atoms with Crippen LogP contribution in [0.1, 0.15) is 6.42 Å². The first-order chi connectivity index (χ1) is 8.41. The van der Waals surface area contributed by atoms with Gasteiger partial charge in [0.2, 0.25) is 9.84 Å². The van der Waals surface area contributed by atoms with E-state index >= 15 is 0 Å². The Morgan fingerprint density at radius 3 is 2.44 bits per heavy atom. The molecule has 1 aliphatic heterocycles. The van der Waals surface area contributed by atoms with Crippen molar-refractivity contribution in [3.8, 4) is 0 Å². The first kappa shape index (κ1) is 13.2. The molecular weight excluding hydrogens is 286 g/mol. The standard InChI is InChI=1S/C10H9ClF2N2O2S/c11-6-1-3-7(4-2-6)18(16,17)9-5-8(10(12)13)14-15-9/h1-4,8,10,14H,5H2. The van der Waals surface area contributed by atoms with E-state index in [0.717, 1.165) is 0 Å². The Labute approximate surface area is 108 Å². The summed E-state index contributed by atoms with van der Waals surface area (Å²) in [6, 6.07) is 4.22. The maximum Gasteiger partial charge on any atom is 0.260 e. The van der Waals surface area contributed by atoms with E-state index in [-0.39, 0.29) is 16.4 Å². The molecule has 1 unspecified atom stereocenters. The van der Waals surface area contributed by atoms with Crippen LogP contribution in [0.2, 0.25) is 5.02 Å². The molecule has 0 spiro atoms. The summed E-state index contributed by atoms with van der Waals surface area (Å²) in [4.78, 5) is -0.0117. The molecule has 2 rings (SSSR count). The third kappa shape index (κ3) is 2.46. The van der Waals surface area contributed by atoms with Crippen molar-refractivity contribution in [3.05, 3.63) is 29.3 Å². The second-order valence-corrected chi connectivity index (χ2v) is 6.12. The molecule has 0 aromatic heterocycles. The highest BCUT2D eigenvalue weighted by molar-refractivity contribution is 8.06. The number of hydrogen-bond acceptors (Lipinski definition) is 4. The summed E-state index contributed by atoms with van der Waals surface area (Å²) in [6.45, 7) is 0. The predicted octanol–water partition coefficient (Wildman–Crippen LogP) is 2.05. The summed E-state index contributed by atoms with van der Waals surface area (Å²) < 4.78 is 48.9. The molecule has 1 aromatic rings. The Morgan fingerprint density at radius 2 is 1.94 bits per heavy atom. The smallest absolute Gasteiger partial charge is 0.260 e. The van der Waals surface area contributed by atoms with Gasteiger partial charge in [-0.2, -0.15) is 5.10 Å². The summed E-state index contributed by atoms with van der Waals surface area (Å²) in [6.07, 6.45) is -2.98. The van der Waals surface area contributed by atoms with Gasteiger partial charge in [0.15, 0.2) is 5.04 Å². The van der Waals surface area contributed by atoms with Crippen molar-refractivity contribution < 1.29 is 17.2 Å². The highest BCUT2D eigenvalue weighted by Gasteiger charge is 2.34. The average molecular weight is 295 g/mol. The van der Waals surface area contributed by atoms with Crippen molar-refractivity contribution in [1.29, 1.82) is 0 Å². The number of hydrazone groups is 1. The molecular formula is C10H9ClF2N2O2S. The van der Waals surface area contributed by atoms with E-state index in [1.807, 2.05) is 0 Å². The SMILES string of the molecule is O=S(=O)(C1=NNC(C(F)F)C1)c1ccc(Cl)cc1. The van der Waals surface area contributed by atoms with Gasteiger partial charge in [-0.05, 0) is 24.3 Å². The summed E-state index contributed by atoms with van der Waals surface area (Å²) in [7, 11) is -3.83. The number of nitrogens with zero attached hydrogens (tertiary/aromatic N) is 1. The number of rotatable bonds is 2. The van der Waals surface area contributed by atoms with Crippen LogP contribution in [0.25, 0.3) is 0 Å². The average Bonchev–Trinajstić information content (AvgIpc) is 2.79. The summed E-state index contributed by atoms with van der Waals surface area (Å²) in [5.74, 6) is 0. The molecule has 0 saturated carbocycles. The van der Waals surface area contributed by atoms with Crippen LogP contribution in [0.4, 0.5) is 8.78 Å². The molecule has 0 saturated heterocycles. The fourth-order valence-corrected chi connectivity index (χ4v) is 2.96. The van der Waals surface area contributed by atoms with Gasteiger partial charge in [-0.25, -0.2) is 17.2 Å². The largest absolute Gasteiger partial charge is 0.300 e. The van der Waals surface area contributed by atoms with Gasteiger partial charge in [-0.3, -0.25) is 5.43 Å². The summed E-state index contributed by atoms with van der Waals surface area (Å²) in [5.41, 5.74) is 2.13. The molecule has 1 N–H and O–H groups in total. The van der Waals surface area contributed by atoms with Gasteiger partial charge in [-0.15, -0.1) is 0 Å². The summed E-state index contributed by atoms with van der Waals surface area (Å²) >= 11 is 5.65. The maximum absolute atomic E-state index is 12.4. The molecule has 98 valence electrons. The minimum absolute atomic E-state index is 0.0117. The quantitative estimate of drug-likeness (QED) is 0.908. The van der Waals surface area contributed by atoms with Crippen LogP contribution >= 0.6 is 11.6 Å². The number of sulfone groups is 1. The Kier molecular flexibility index (Phi) is 3.54. The van der Waals surface area contributed by atoms with Gasteiger partial charge >= 0.3 is 0 Å². The highest BCUT2D eigenvalue weighted by atomic mass is 35.5. The number of hydrogen-bond donors (Lipinski definition) is 1. The van der Waals surface area contributed by atoms with Gasteiger partial charge < -0.3 is 0 Å². The number of alkyl halides is 2. The van der Waals surface area contributed by atoms with Gasteiger partial charge in [0.25, 0.3) is 6.43 Å². The molecule has 1 heterocycles. The molecule has 0 radical (unpaired) electrons. The van der Waals surface area contributed by atoms with Gasteiger partial charge in [0.1, 0.15) is 6.04 Å². The van der Waals surface area contributed by atoms with E-state index < -0.39 is 22.3 Å². The first-order valence-corrected chi connectivity index (χ1v) is 6.88. The van der Waals surface area contributed by atoms with E-state index in [2.05, 4.69) is 10.5 Å². The Hall–Kier alpha value is -1.21. The minimum atomic E-state index is -3.83. The highest BCUT2D eigenvalue weighted by Crippen LogP contribution is 2.22. The fourth-order valence-electron chi connectivity index (χ4n) is 1.50. The van der Waals surface area contributed by atoms with Crippen LogP contribution in [0.15, 0.2) is 34.3 Å². The number of nitrogens with one attached hydrogen (secondary N) is 1. The van der Waals surface area contributed by atoms with Crippen LogP contribution in [0.3, 0.4) is 0 Å². The molecule has 8 heteroatoms. The zero-order valence-electron chi connectivity index (χ0n) is 8.98. The minimum Gasteiger partial charge on any atom is -0.300 e. The first-order valence-electron chi connectivity index (χ1n) is 5.02. The molecule has 1 aliphatic rings. The molecule has 0 fully saturated rings. The zero-order chi connectivity index (χ0) is 13.3. The molecule has 4 nitrogen and oxygen atoms in total. The molecule has 0 amide bonds. The van der Waals surface area contributed by atoms with E-state index in [1.165, 1.54) is 24.3 Å². The third-order valence-corrected chi connectivity index (χ3v) is 4.51. The number of benzene rings is 1. The van der Waals surface area contributed by atoms with Crippen molar-refractivity contribution in [3.63, 3.8) is 0 Å². The molecule has 0 aliphatic carbocycles. The second-order valence-electron chi connectivity index (χ2n) is 3.74. The van der Waals surface area contributed by atoms with Gasteiger partial charge in [0, 0.05) is 11.4 Å². The monoisotopic (exact) mass is 294 g/mol. The van der Waals surface area contributed by atoms with E-state index in [0.29, 0.717) is 5.02 Å². The Bertz CT molecular complexity index is 572. The maximum atomic E-state index is 12.4. The van der Waals surface area contributed by atoms with E-state index in [1.54, 1.807) is 0 Å². The third-order valence-electron chi connectivity index (χ3n) is 2.49. The van der Waals surface area contributed by atoms with Crippen LogP contribution < -0.4 is 5.43 Å². The number of halogens is 3. The normalized spacial score (nSPS) is 19.8. The summed E-state index contributed by atoms with van der Waals surface area (Å²) in [5, 5.41) is 3.59. The van der Waals surface area contributed by atoms with Crippen LogP contribution in [0, 0.1) is 0 Å². The predicted molar refractivity (Wildman–Crippen MR) is 63.6 cm³/mol. The molecule has 1 aromatic carbocycles. The topological polar surface area (TPSA) is 58.5 Å². The van der Waals surface area contributed by atoms with Crippen molar-refractivity contribution in [2.45, 2.75) is 23.8 Å². The molecule has 18 heavy (non-hydrogen) atoms. The van der Waals surface area contributed by atoms with Crippen LogP contribution in [-0.2, 0) is 9.84 Å². The van der Waals surface area contributed by atoms with Gasteiger partial charge in [-0.1, -0.05) is 11.6 Å². The molecule has 0 bridgehead atoms. The van der Waals surface area contributed by atoms with Crippen molar-refractivity contribution in [1.82, 2.24) is 5.43 Å². The van der Waals surface area contributed by atoms with Crippen molar-refractivity contribution in [2.75, 3.05) is 0 Å². The van der Waals surface area contributed by atoms with Crippen LogP contribution in [0.5, 0.6) is 0 Å². The van der Waals surface area contributed by atoms with Gasteiger partial charge in [0.05, 0.1) is 4.90 Å². The fraction of sp³-hybridized carbons (Fsp3) is 0.300. The lowest BCUT2D eigenvalue weighted by Gasteiger charge is -2.07. The van der Waals surface area contributed by atoms with Crippen molar-refractivity contribution in [2.24, 2.45) is 5.10 Å².